The molecule has 1 aliphatic carbocycles. The molecule has 2 N–H and O–H groups in total. The molecule has 0 radical (unpaired) electrons. The third-order valence-electron chi connectivity index (χ3n) is 4.62. The van der Waals surface area contributed by atoms with Crippen LogP contribution in [0.1, 0.15) is 57.7 Å². The van der Waals surface area contributed by atoms with Crippen LogP contribution in [0, 0.1) is 5.41 Å². The maximum Gasteiger partial charge on any atom is 0.161 e. The average Bonchev–Trinajstić information content (AvgIpc) is 3.04. The maximum absolute atomic E-state index is 6.60. The number of hydrogen-bond donors (Lipinski definition) is 1. The number of hydrogen-bond acceptors (Lipinski definition) is 3. The summed E-state index contributed by atoms with van der Waals surface area (Å²) >= 11 is 0. The first kappa shape index (κ1) is 13.4. The lowest BCUT2D eigenvalue weighted by Gasteiger charge is -2.34. The van der Waals surface area contributed by atoms with E-state index in [1.165, 1.54) is 25.7 Å². The van der Waals surface area contributed by atoms with E-state index in [1.807, 2.05) is 4.68 Å². The number of nitrogens with zero attached hydrogens (tertiary/aromatic N) is 2. The van der Waals surface area contributed by atoms with Crippen LogP contribution in [-0.2, 0) is 6.54 Å². The van der Waals surface area contributed by atoms with Crippen molar-refractivity contribution in [2.75, 3.05) is 7.11 Å². The van der Waals surface area contributed by atoms with Crippen LogP contribution < -0.4 is 10.5 Å². The minimum Gasteiger partial charge on any atom is -0.493 e. The van der Waals surface area contributed by atoms with Gasteiger partial charge in [0.05, 0.1) is 25.0 Å². The highest BCUT2D eigenvalue weighted by Gasteiger charge is 2.41. The Morgan fingerprint density at radius 2 is 2.11 bits per heavy atom. The Kier molecular flexibility index (Phi) is 3.95. The Morgan fingerprint density at radius 3 is 2.61 bits per heavy atom. The van der Waals surface area contributed by atoms with Crippen LogP contribution in [0.4, 0.5) is 0 Å². The monoisotopic (exact) mass is 251 g/mol. The molecule has 1 atom stereocenters. The van der Waals surface area contributed by atoms with Crippen molar-refractivity contribution in [1.82, 2.24) is 9.78 Å². The summed E-state index contributed by atoms with van der Waals surface area (Å²) < 4.78 is 7.42. The average molecular weight is 251 g/mol. The van der Waals surface area contributed by atoms with Crippen LogP contribution in [0.25, 0.3) is 0 Å². The summed E-state index contributed by atoms with van der Waals surface area (Å²) in [6, 6.07) is 0.0300. The van der Waals surface area contributed by atoms with Gasteiger partial charge in [-0.2, -0.15) is 5.10 Å². The number of rotatable bonds is 5. The van der Waals surface area contributed by atoms with Crippen molar-refractivity contribution in [3.8, 4) is 5.75 Å². The first-order valence-corrected chi connectivity index (χ1v) is 7.03. The standard InChI is InChI=1S/C14H25N3O/c1-4-14(8-6-7-9-14)13(15)12-11(18-3)10-16-17(12)5-2/h10,13H,4-9,15H2,1-3H3. The summed E-state index contributed by atoms with van der Waals surface area (Å²) in [5.41, 5.74) is 7.91. The highest BCUT2D eigenvalue weighted by atomic mass is 16.5. The first-order chi connectivity index (χ1) is 8.68. The Bertz CT molecular complexity index is 372. The molecule has 0 spiro atoms. The van der Waals surface area contributed by atoms with Gasteiger partial charge in [-0.15, -0.1) is 0 Å². The van der Waals surface area contributed by atoms with Gasteiger partial charge in [-0.05, 0) is 31.6 Å². The van der Waals surface area contributed by atoms with Crippen molar-refractivity contribution in [2.24, 2.45) is 11.1 Å². The number of methoxy groups -OCH3 is 1. The number of aryl methyl sites for hydroxylation is 1. The van der Waals surface area contributed by atoms with Gasteiger partial charge in [-0.25, -0.2) is 0 Å². The summed E-state index contributed by atoms with van der Waals surface area (Å²) in [5, 5.41) is 4.38. The molecule has 2 rings (SSSR count). The molecule has 1 fully saturated rings. The second-order valence-corrected chi connectivity index (χ2v) is 5.31. The van der Waals surface area contributed by atoms with Crippen LogP contribution in [0.3, 0.4) is 0 Å². The third kappa shape index (κ3) is 2.03. The molecule has 102 valence electrons. The van der Waals surface area contributed by atoms with Gasteiger partial charge in [-0.1, -0.05) is 19.8 Å². The molecule has 1 aromatic rings. The number of ether oxygens (including phenoxy) is 1. The Labute approximate surface area is 110 Å². The fraction of sp³-hybridized carbons (Fsp3) is 0.786. The summed E-state index contributed by atoms with van der Waals surface area (Å²) in [4.78, 5) is 0. The molecule has 1 saturated carbocycles. The van der Waals surface area contributed by atoms with Crippen LogP contribution in [0.5, 0.6) is 5.75 Å². The lowest BCUT2D eigenvalue weighted by molar-refractivity contribution is 0.209. The van der Waals surface area contributed by atoms with Gasteiger partial charge in [0.25, 0.3) is 0 Å². The third-order valence-corrected chi connectivity index (χ3v) is 4.62. The molecular weight excluding hydrogens is 226 g/mol. The van der Waals surface area contributed by atoms with Gasteiger partial charge >= 0.3 is 0 Å². The normalized spacial score (nSPS) is 20.0. The van der Waals surface area contributed by atoms with Crippen LogP contribution in [-0.4, -0.2) is 16.9 Å². The highest BCUT2D eigenvalue weighted by molar-refractivity contribution is 5.30. The van der Waals surface area contributed by atoms with Gasteiger partial charge < -0.3 is 10.5 Å². The highest BCUT2D eigenvalue weighted by Crippen LogP contribution is 2.50. The fourth-order valence-electron chi connectivity index (χ4n) is 3.35. The largest absolute Gasteiger partial charge is 0.493 e. The predicted octanol–water partition coefficient (Wildman–Crippen LogP) is 2.88. The van der Waals surface area contributed by atoms with E-state index in [9.17, 15) is 0 Å². The fourth-order valence-corrected chi connectivity index (χ4v) is 3.35. The van der Waals surface area contributed by atoms with Crippen LogP contribution >= 0.6 is 0 Å². The SMILES string of the molecule is CCn1ncc(OC)c1C(N)C1(CC)CCCC1. The van der Waals surface area contributed by atoms with E-state index >= 15 is 0 Å². The quantitative estimate of drug-likeness (QED) is 0.875. The molecule has 18 heavy (non-hydrogen) atoms. The van der Waals surface area contributed by atoms with Crippen molar-refractivity contribution in [3.05, 3.63) is 11.9 Å². The summed E-state index contributed by atoms with van der Waals surface area (Å²) in [6.07, 6.45) is 7.96. The van der Waals surface area contributed by atoms with E-state index < -0.39 is 0 Å². The lowest BCUT2D eigenvalue weighted by atomic mass is 9.75. The molecule has 0 bridgehead atoms. The van der Waals surface area contributed by atoms with E-state index in [0.29, 0.717) is 0 Å². The van der Waals surface area contributed by atoms with Crippen LogP contribution in [0.15, 0.2) is 6.20 Å². The zero-order valence-corrected chi connectivity index (χ0v) is 11.8. The zero-order chi connectivity index (χ0) is 13.2. The van der Waals surface area contributed by atoms with E-state index in [1.54, 1.807) is 13.3 Å². The molecule has 0 saturated heterocycles. The summed E-state index contributed by atoms with van der Waals surface area (Å²) in [7, 11) is 1.69. The van der Waals surface area contributed by atoms with E-state index in [-0.39, 0.29) is 11.5 Å². The van der Waals surface area contributed by atoms with Gasteiger partial charge in [0.1, 0.15) is 0 Å². The molecule has 4 nitrogen and oxygen atoms in total. The van der Waals surface area contributed by atoms with Gasteiger partial charge in [0, 0.05) is 6.54 Å². The topological polar surface area (TPSA) is 53.1 Å². The number of nitrogens with two attached hydrogens (primary N) is 1. The minimum atomic E-state index is 0.0300. The van der Waals surface area contributed by atoms with E-state index in [0.717, 1.165) is 24.4 Å². The van der Waals surface area contributed by atoms with Crippen molar-refractivity contribution in [2.45, 2.75) is 58.5 Å². The molecule has 1 unspecified atom stereocenters. The number of aromatic nitrogens is 2. The second kappa shape index (κ2) is 5.31. The van der Waals surface area contributed by atoms with Crippen molar-refractivity contribution >= 4 is 0 Å². The lowest BCUT2D eigenvalue weighted by Crippen LogP contribution is -2.33. The second-order valence-electron chi connectivity index (χ2n) is 5.31. The first-order valence-electron chi connectivity index (χ1n) is 7.03. The summed E-state index contributed by atoms with van der Waals surface area (Å²) in [5.74, 6) is 0.837. The molecule has 1 aromatic heterocycles. The van der Waals surface area contributed by atoms with E-state index in [4.69, 9.17) is 10.5 Å². The minimum absolute atomic E-state index is 0.0300. The molecular formula is C14H25N3O. The maximum atomic E-state index is 6.60. The Hall–Kier alpha value is -1.03. The smallest absolute Gasteiger partial charge is 0.161 e. The molecule has 1 heterocycles. The van der Waals surface area contributed by atoms with E-state index in [2.05, 4.69) is 18.9 Å². The molecule has 0 amide bonds. The van der Waals surface area contributed by atoms with Gasteiger partial charge in [-0.3, -0.25) is 4.68 Å². The Balaban J connectivity index is 2.37. The molecule has 1 aliphatic rings. The molecule has 0 aromatic carbocycles. The molecule has 0 aliphatic heterocycles. The van der Waals surface area contributed by atoms with Crippen molar-refractivity contribution in [1.29, 1.82) is 0 Å². The van der Waals surface area contributed by atoms with Gasteiger partial charge in [0.15, 0.2) is 5.75 Å². The van der Waals surface area contributed by atoms with Crippen molar-refractivity contribution in [3.63, 3.8) is 0 Å². The Morgan fingerprint density at radius 1 is 1.44 bits per heavy atom. The molecule has 4 heteroatoms. The van der Waals surface area contributed by atoms with Crippen LogP contribution in [0.2, 0.25) is 0 Å². The predicted molar refractivity (Wildman–Crippen MR) is 72.6 cm³/mol. The van der Waals surface area contributed by atoms with Gasteiger partial charge in [0.2, 0.25) is 0 Å². The van der Waals surface area contributed by atoms with Crippen molar-refractivity contribution < 1.29 is 4.74 Å². The summed E-state index contributed by atoms with van der Waals surface area (Å²) in [6.45, 7) is 5.19. The zero-order valence-electron chi connectivity index (χ0n) is 11.8.